The van der Waals surface area contributed by atoms with E-state index >= 15 is 0 Å². The largest absolute Gasteiger partial charge is 0.495 e. The van der Waals surface area contributed by atoms with Crippen LogP contribution in [0.3, 0.4) is 0 Å². The summed E-state index contributed by atoms with van der Waals surface area (Å²) in [5.41, 5.74) is -0.767. The number of carbonyl (C=O) groups is 1. The zero-order valence-electron chi connectivity index (χ0n) is 11.5. The van der Waals surface area contributed by atoms with Crippen molar-refractivity contribution in [2.24, 2.45) is 0 Å². The maximum atomic E-state index is 12.1. The van der Waals surface area contributed by atoms with Crippen LogP contribution in [-0.2, 0) is 20.0 Å². The molecule has 1 aliphatic rings. The molecule has 1 aromatic carbocycles. The Morgan fingerprint density at radius 1 is 1.30 bits per heavy atom. The topological polar surface area (TPSA) is 80.7 Å². The number of aliphatic carboxylic acids is 1. The molecular weight excluding hydrogens is 280 g/mol. The summed E-state index contributed by atoms with van der Waals surface area (Å²) in [6.07, 6.45) is 3.56. The Morgan fingerprint density at radius 2 is 1.90 bits per heavy atom. The Morgan fingerprint density at radius 3 is 2.35 bits per heavy atom. The molecule has 6 heteroatoms. The van der Waals surface area contributed by atoms with Gasteiger partial charge in [0.1, 0.15) is 10.6 Å². The van der Waals surface area contributed by atoms with E-state index < -0.39 is 21.2 Å². The first-order valence-corrected chi connectivity index (χ1v) is 8.33. The lowest BCUT2D eigenvalue weighted by Crippen LogP contribution is -2.34. The number of carboxylic acids is 1. The molecule has 0 aliphatic heterocycles. The van der Waals surface area contributed by atoms with E-state index in [4.69, 9.17) is 4.74 Å². The van der Waals surface area contributed by atoms with Crippen molar-refractivity contribution in [3.8, 4) is 5.75 Å². The van der Waals surface area contributed by atoms with Gasteiger partial charge in [0.2, 0.25) is 0 Å². The molecule has 0 unspecified atom stereocenters. The number of benzene rings is 1. The molecule has 1 aromatic rings. The quantitative estimate of drug-likeness (QED) is 0.919. The highest BCUT2D eigenvalue weighted by atomic mass is 32.2. The van der Waals surface area contributed by atoms with Crippen molar-refractivity contribution in [3.63, 3.8) is 0 Å². The van der Waals surface area contributed by atoms with Gasteiger partial charge in [0.25, 0.3) is 0 Å². The number of sulfone groups is 1. The molecule has 5 nitrogen and oxygen atoms in total. The summed E-state index contributed by atoms with van der Waals surface area (Å²) in [6.45, 7) is 0. The van der Waals surface area contributed by atoms with Crippen LogP contribution in [0.5, 0.6) is 5.75 Å². The Kier molecular flexibility index (Phi) is 3.77. The van der Waals surface area contributed by atoms with Crippen molar-refractivity contribution >= 4 is 15.8 Å². The van der Waals surface area contributed by atoms with Gasteiger partial charge in [-0.1, -0.05) is 25.0 Å². The zero-order chi connectivity index (χ0) is 15.0. The zero-order valence-corrected chi connectivity index (χ0v) is 12.4. The van der Waals surface area contributed by atoms with E-state index in [-0.39, 0.29) is 10.6 Å². The van der Waals surface area contributed by atoms with Crippen molar-refractivity contribution in [1.82, 2.24) is 0 Å². The Labute approximate surface area is 118 Å². The summed E-state index contributed by atoms with van der Waals surface area (Å²) in [5.74, 6) is -0.759. The third kappa shape index (κ3) is 2.28. The van der Waals surface area contributed by atoms with Crippen LogP contribution in [0, 0.1) is 0 Å². The van der Waals surface area contributed by atoms with Crippen LogP contribution in [0.25, 0.3) is 0 Å². The molecule has 0 radical (unpaired) electrons. The van der Waals surface area contributed by atoms with Crippen molar-refractivity contribution in [2.75, 3.05) is 13.4 Å². The van der Waals surface area contributed by atoms with Gasteiger partial charge >= 0.3 is 5.97 Å². The summed E-state index contributed by atoms with van der Waals surface area (Å²) in [6, 6.07) is 4.79. The van der Waals surface area contributed by atoms with Crippen molar-refractivity contribution in [2.45, 2.75) is 36.0 Å². The first-order chi connectivity index (χ1) is 9.33. The predicted octanol–water partition coefficient (Wildman–Crippen LogP) is 2.00. The smallest absolute Gasteiger partial charge is 0.314 e. The highest BCUT2D eigenvalue weighted by Gasteiger charge is 2.46. The molecule has 0 spiro atoms. The lowest BCUT2D eigenvalue weighted by atomic mass is 9.79. The molecule has 1 N–H and O–H groups in total. The number of ether oxygens (including phenoxy) is 1. The van der Waals surface area contributed by atoms with E-state index in [9.17, 15) is 18.3 Å². The maximum absolute atomic E-state index is 12.1. The van der Waals surface area contributed by atoms with Gasteiger partial charge in [-0.25, -0.2) is 8.42 Å². The number of hydrogen-bond acceptors (Lipinski definition) is 4. The maximum Gasteiger partial charge on any atom is 0.314 e. The Bertz CT molecular complexity index is 627. The predicted molar refractivity (Wildman–Crippen MR) is 73.9 cm³/mol. The van der Waals surface area contributed by atoms with Gasteiger partial charge in [0, 0.05) is 6.26 Å². The van der Waals surface area contributed by atoms with Crippen LogP contribution in [0.1, 0.15) is 31.2 Å². The molecule has 0 atom stereocenters. The number of rotatable bonds is 4. The average Bonchev–Trinajstić information content (AvgIpc) is 2.87. The number of methoxy groups -OCH3 is 1. The van der Waals surface area contributed by atoms with Gasteiger partial charge in [-0.3, -0.25) is 4.79 Å². The number of hydrogen-bond donors (Lipinski definition) is 1. The third-order valence-electron chi connectivity index (χ3n) is 3.95. The Balaban J connectivity index is 2.77. The molecule has 0 heterocycles. The fourth-order valence-electron chi connectivity index (χ4n) is 3.01. The molecule has 0 saturated heterocycles. The third-order valence-corrected chi connectivity index (χ3v) is 5.11. The normalized spacial score (nSPS) is 17.9. The summed E-state index contributed by atoms with van der Waals surface area (Å²) >= 11 is 0. The van der Waals surface area contributed by atoms with E-state index in [0.29, 0.717) is 18.4 Å². The second kappa shape index (κ2) is 5.09. The molecule has 2 rings (SSSR count). The minimum absolute atomic E-state index is 0.00630. The standard InChI is InChI=1S/C14H18O5S/c1-19-11-7-5-6-10(12(11)20(2,17)18)14(13(15)16)8-3-4-9-14/h5-7H,3-4,8-9H2,1-2H3,(H,15,16). The highest BCUT2D eigenvalue weighted by Crippen LogP contribution is 2.45. The Hall–Kier alpha value is -1.56. The van der Waals surface area contributed by atoms with Crippen LogP contribution >= 0.6 is 0 Å². The van der Waals surface area contributed by atoms with Gasteiger partial charge in [-0.2, -0.15) is 0 Å². The van der Waals surface area contributed by atoms with E-state index in [2.05, 4.69) is 0 Å². The first kappa shape index (κ1) is 14.8. The molecule has 1 aliphatic carbocycles. The van der Waals surface area contributed by atoms with E-state index in [0.717, 1.165) is 19.1 Å². The fraction of sp³-hybridized carbons (Fsp3) is 0.500. The lowest BCUT2D eigenvalue weighted by Gasteiger charge is -2.27. The van der Waals surface area contributed by atoms with Gasteiger partial charge in [-0.15, -0.1) is 0 Å². The minimum atomic E-state index is -3.57. The van der Waals surface area contributed by atoms with Crippen LogP contribution < -0.4 is 4.74 Å². The second-order valence-corrected chi connectivity index (χ2v) is 7.16. The van der Waals surface area contributed by atoms with Crippen molar-refractivity contribution in [3.05, 3.63) is 23.8 Å². The van der Waals surface area contributed by atoms with Crippen LogP contribution in [0.15, 0.2) is 23.1 Å². The number of carboxylic acid groups (broad SMARTS) is 1. The molecule has 0 bridgehead atoms. The molecule has 1 saturated carbocycles. The fourth-order valence-corrected chi connectivity index (χ4v) is 4.19. The second-order valence-electron chi connectivity index (χ2n) is 5.20. The molecule has 110 valence electrons. The van der Waals surface area contributed by atoms with E-state index in [1.165, 1.54) is 7.11 Å². The highest BCUT2D eigenvalue weighted by molar-refractivity contribution is 7.90. The minimum Gasteiger partial charge on any atom is -0.495 e. The van der Waals surface area contributed by atoms with Gasteiger partial charge < -0.3 is 9.84 Å². The molecular formula is C14H18O5S. The van der Waals surface area contributed by atoms with Crippen LogP contribution in [-0.4, -0.2) is 32.9 Å². The lowest BCUT2D eigenvalue weighted by molar-refractivity contribution is -0.143. The molecule has 20 heavy (non-hydrogen) atoms. The van der Waals surface area contributed by atoms with Crippen molar-refractivity contribution < 1.29 is 23.1 Å². The molecule has 0 aromatic heterocycles. The van der Waals surface area contributed by atoms with Gasteiger partial charge in [0.05, 0.1) is 12.5 Å². The van der Waals surface area contributed by atoms with E-state index in [1.54, 1.807) is 18.2 Å². The summed E-state index contributed by atoms with van der Waals surface area (Å²) in [7, 11) is -2.19. The van der Waals surface area contributed by atoms with Crippen molar-refractivity contribution in [1.29, 1.82) is 0 Å². The van der Waals surface area contributed by atoms with Gasteiger partial charge in [-0.05, 0) is 24.5 Å². The first-order valence-electron chi connectivity index (χ1n) is 6.44. The molecule has 1 fully saturated rings. The summed E-state index contributed by atoms with van der Waals surface area (Å²) in [4.78, 5) is 11.8. The molecule has 0 amide bonds. The van der Waals surface area contributed by atoms with E-state index in [1.807, 2.05) is 0 Å². The van der Waals surface area contributed by atoms with Crippen LogP contribution in [0.4, 0.5) is 0 Å². The summed E-state index contributed by atoms with van der Waals surface area (Å²) in [5, 5.41) is 9.64. The monoisotopic (exact) mass is 298 g/mol. The van der Waals surface area contributed by atoms with Gasteiger partial charge in [0.15, 0.2) is 9.84 Å². The summed E-state index contributed by atoms with van der Waals surface area (Å²) < 4.78 is 29.3. The van der Waals surface area contributed by atoms with Crippen LogP contribution in [0.2, 0.25) is 0 Å². The average molecular weight is 298 g/mol. The SMILES string of the molecule is COc1cccc(C2(C(=O)O)CCCC2)c1S(C)(=O)=O.